The van der Waals surface area contributed by atoms with E-state index >= 15 is 0 Å². The van der Waals surface area contributed by atoms with Crippen LogP contribution >= 0.6 is 0 Å². The van der Waals surface area contributed by atoms with Crippen LogP contribution in [0.2, 0.25) is 0 Å². The summed E-state index contributed by atoms with van der Waals surface area (Å²) in [6, 6.07) is 10.4. The summed E-state index contributed by atoms with van der Waals surface area (Å²) in [5, 5.41) is 2.72. The molecule has 2 aromatic heterocycles. The van der Waals surface area contributed by atoms with Gasteiger partial charge in [0.25, 0.3) is 5.91 Å². The molecule has 0 aliphatic heterocycles. The first-order chi connectivity index (χ1) is 14.8. The van der Waals surface area contributed by atoms with Crippen molar-refractivity contribution in [3.63, 3.8) is 0 Å². The Kier molecular flexibility index (Phi) is 6.69. The number of ether oxygens (including phenoxy) is 3. The molecule has 0 aliphatic rings. The molecule has 1 N–H and O–H groups in total. The van der Waals surface area contributed by atoms with Crippen LogP contribution in [0.25, 0.3) is 0 Å². The number of aryl methyl sites for hydroxylation is 1. The van der Waals surface area contributed by atoms with Crippen LogP contribution in [0, 0.1) is 13.8 Å². The Morgan fingerprint density at radius 2 is 1.84 bits per heavy atom. The van der Waals surface area contributed by atoms with E-state index in [0.29, 0.717) is 29.3 Å². The van der Waals surface area contributed by atoms with Crippen molar-refractivity contribution >= 4 is 17.6 Å². The van der Waals surface area contributed by atoms with Crippen LogP contribution < -0.4 is 14.8 Å². The second-order valence-electron chi connectivity index (χ2n) is 7.06. The standard InChI is InChI=1S/C23H26N2O6/c1-14-11-19(15(2)25(14)13-18-7-6-10-30-18)23(27)31-16(3)22(26)24-17-8-9-20(28-4)21(12-17)29-5/h6-12,16H,13H2,1-5H3,(H,24,26). The van der Waals surface area contributed by atoms with Gasteiger partial charge in [0.1, 0.15) is 5.76 Å². The number of aromatic nitrogens is 1. The number of hydrogen-bond acceptors (Lipinski definition) is 6. The SMILES string of the molecule is COc1ccc(NC(=O)C(C)OC(=O)c2cc(C)n(Cc3ccco3)c2C)cc1OC. The summed E-state index contributed by atoms with van der Waals surface area (Å²) >= 11 is 0. The molecule has 0 radical (unpaired) electrons. The third-order valence-electron chi connectivity index (χ3n) is 4.99. The van der Waals surface area contributed by atoms with E-state index in [4.69, 9.17) is 18.6 Å². The van der Waals surface area contributed by atoms with Gasteiger partial charge in [0.05, 0.1) is 32.6 Å². The summed E-state index contributed by atoms with van der Waals surface area (Å²) in [4.78, 5) is 25.2. The highest BCUT2D eigenvalue weighted by Gasteiger charge is 2.23. The van der Waals surface area contributed by atoms with E-state index < -0.39 is 18.0 Å². The summed E-state index contributed by atoms with van der Waals surface area (Å²) in [6.45, 7) is 5.77. The number of benzene rings is 1. The molecule has 2 heterocycles. The highest BCUT2D eigenvalue weighted by molar-refractivity contribution is 5.98. The second kappa shape index (κ2) is 9.42. The zero-order valence-corrected chi connectivity index (χ0v) is 18.2. The number of carbonyl (C=O) groups excluding carboxylic acids is 2. The fourth-order valence-corrected chi connectivity index (χ4v) is 3.24. The van der Waals surface area contributed by atoms with Gasteiger partial charge in [-0.15, -0.1) is 0 Å². The Labute approximate surface area is 180 Å². The monoisotopic (exact) mass is 426 g/mol. The van der Waals surface area contributed by atoms with Crippen molar-refractivity contribution in [2.45, 2.75) is 33.4 Å². The van der Waals surface area contributed by atoms with E-state index in [1.54, 1.807) is 30.5 Å². The predicted molar refractivity (Wildman–Crippen MR) is 115 cm³/mol. The molecule has 8 heteroatoms. The van der Waals surface area contributed by atoms with Gasteiger partial charge in [0, 0.05) is 23.1 Å². The number of nitrogens with zero attached hydrogens (tertiary/aromatic N) is 1. The first-order valence-corrected chi connectivity index (χ1v) is 9.77. The number of hydrogen-bond donors (Lipinski definition) is 1. The molecule has 0 aliphatic carbocycles. The number of methoxy groups -OCH3 is 2. The van der Waals surface area contributed by atoms with Crippen molar-refractivity contribution < 1.29 is 28.2 Å². The fourth-order valence-electron chi connectivity index (χ4n) is 3.24. The lowest BCUT2D eigenvalue weighted by Crippen LogP contribution is -2.30. The molecule has 8 nitrogen and oxygen atoms in total. The Hall–Kier alpha value is -3.68. The van der Waals surface area contributed by atoms with Crippen molar-refractivity contribution in [3.8, 4) is 11.5 Å². The van der Waals surface area contributed by atoms with Crippen LogP contribution in [0.1, 0.15) is 34.4 Å². The second-order valence-corrected chi connectivity index (χ2v) is 7.06. The zero-order chi connectivity index (χ0) is 22.5. The fraction of sp³-hybridized carbons (Fsp3) is 0.304. The van der Waals surface area contributed by atoms with Crippen LogP contribution in [-0.4, -0.2) is 36.8 Å². The molecule has 3 rings (SSSR count). The molecule has 0 spiro atoms. The Balaban J connectivity index is 1.67. The molecule has 164 valence electrons. The van der Waals surface area contributed by atoms with Crippen LogP contribution in [-0.2, 0) is 16.1 Å². The number of furan rings is 1. The smallest absolute Gasteiger partial charge is 0.340 e. The van der Waals surface area contributed by atoms with E-state index in [-0.39, 0.29) is 0 Å². The Bertz CT molecular complexity index is 1070. The Morgan fingerprint density at radius 3 is 2.48 bits per heavy atom. The lowest BCUT2D eigenvalue weighted by atomic mass is 10.2. The van der Waals surface area contributed by atoms with Crippen LogP contribution in [0.5, 0.6) is 11.5 Å². The molecule has 31 heavy (non-hydrogen) atoms. The van der Waals surface area contributed by atoms with Gasteiger partial charge in [-0.05, 0) is 51.1 Å². The number of amides is 1. The quantitative estimate of drug-likeness (QED) is 0.549. The lowest BCUT2D eigenvalue weighted by Gasteiger charge is -2.15. The maximum absolute atomic E-state index is 12.7. The van der Waals surface area contributed by atoms with Crippen molar-refractivity contribution in [2.24, 2.45) is 0 Å². The maximum Gasteiger partial charge on any atom is 0.340 e. The normalized spacial score (nSPS) is 11.6. The number of rotatable bonds is 8. The summed E-state index contributed by atoms with van der Waals surface area (Å²) in [5.74, 6) is 0.793. The third kappa shape index (κ3) is 4.91. The molecular weight excluding hydrogens is 400 g/mol. The molecule has 1 amide bonds. The molecule has 1 unspecified atom stereocenters. The highest BCUT2D eigenvalue weighted by Crippen LogP contribution is 2.29. The van der Waals surface area contributed by atoms with Gasteiger partial charge in [-0.2, -0.15) is 0 Å². The first-order valence-electron chi connectivity index (χ1n) is 9.77. The van der Waals surface area contributed by atoms with Crippen molar-refractivity contribution in [1.82, 2.24) is 4.57 Å². The van der Waals surface area contributed by atoms with Crippen LogP contribution in [0.15, 0.2) is 47.1 Å². The van der Waals surface area contributed by atoms with Gasteiger partial charge in [-0.25, -0.2) is 4.79 Å². The highest BCUT2D eigenvalue weighted by atomic mass is 16.5. The number of carbonyl (C=O) groups is 2. The van der Waals surface area contributed by atoms with Crippen LogP contribution in [0.4, 0.5) is 5.69 Å². The summed E-state index contributed by atoms with van der Waals surface area (Å²) < 4.78 is 23.2. The zero-order valence-electron chi connectivity index (χ0n) is 18.2. The van der Waals surface area contributed by atoms with Crippen molar-refractivity contribution in [2.75, 3.05) is 19.5 Å². The van der Waals surface area contributed by atoms with Gasteiger partial charge >= 0.3 is 5.97 Å². The number of esters is 1. The molecule has 0 saturated carbocycles. The van der Waals surface area contributed by atoms with E-state index in [1.165, 1.54) is 21.1 Å². The Morgan fingerprint density at radius 1 is 1.10 bits per heavy atom. The average molecular weight is 426 g/mol. The number of nitrogens with one attached hydrogen (secondary N) is 1. The van der Waals surface area contributed by atoms with E-state index in [1.807, 2.05) is 30.5 Å². The van der Waals surface area contributed by atoms with Crippen molar-refractivity contribution in [1.29, 1.82) is 0 Å². The largest absolute Gasteiger partial charge is 0.493 e. The molecule has 0 fully saturated rings. The van der Waals surface area contributed by atoms with E-state index in [9.17, 15) is 9.59 Å². The lowest BCUT2D eigenvalue weighted by molar-refractivity contribution is -0.123. The van der Waals surface area contributed by atoms with Gasteiger partial charge in [0.15, 0.2) is 17.6 Å². The number of anilines is 1. The average Bonchev–Trinajstić information content (AvgIpc) is 3.37. The molecular formula is C23H26N2O6. The summed E-state index contributed by atoms with van der Waals surface area (Å²) in [5.41, 5.74) is 2.55. The molecule has 3 aromatic rings. The van der Waals surface area contributed by atoms with Crippen LogP contribution in [0.3, 0.4) is 0 Å². The molecule has 1 atom stereocenters. The van der Waals surface area contributed by atoms with Gasteiger partial charge < -0.3 is 28.5 Å². The molecule has 1 aromatic carbocycles. The van der Waals surface area contributed by atoms with Gasteiger partial charge in [0.2, 0.25) is 0 Å². The summed E-state index contributed by atoms with van der Waals surface area (Å²) in [6.07, 6.45) is 0.617. The predicted octanol–water partition coefficient (Wildman–Crippen LogP) is 3.95. The maximum atomic E-state index is 12.7. The minimum absolute atomic E-state index is 0.412. The molecule has 0 saturated heterocycles. The van der Waals surface area contributed by atoms with Crippen molar-refractivity contribution in [3.05, 3.63) is 65.4 Å². The minimum Gasteiger partial charge on any atom is -0.493 e. The topological polar surface area (TPSA) is 91.9 Å². The van der Waals surface area contributed by atoms with E-state index in [2.05, 4.69) is 5.32 Å². The summed E-state index contributed by atoms with van der Waals surface area (Å²) in [7, 11) is 3.04. The van der Waals surface area contributed by atoms with E-state index in [0.717, 1.165) is 17.1 Å². The first kappa shape index (κ1) is 22.0. The van der Waals surface area contributed by atoms with Gasteiger partial charge in [-0.3, -0.25) is 4.79 Å². The third-order valence-corrected chi connectivity index (χ3v) is 4.99. The molecule has 0 bridgehead atoms. The minimum atomic E-state index is -0.992. The van der Waals surface area contributed by atoms with Gasteiger partial charge in [-0.1, -0.05) is 0 Å².